The third-order valence-corrected chi connectivity index (χ3v) is 3.46. The first-order valence-electron chi connectivity index (χ1n) is 6.66. The van der Waals surface area contributed by atoms with Gasteiger partial charge in [-0.1, -0.05) is 18.2 Å². The Balaban J connectivity index is 2.16. The number of aliphatic hydroxyl groups excluding tert-OH is 1. The van der Waals surface area contributed by atoms with Gasteiger partial charge in [0.15, 0.2) is 6.10 Å². The number of methoxy groups -OCH3 is 1. The van der Waals surface area contributed by atoms with Gasteiger partial charge in [0.2, 0.25) is 0 Å². The van der Waals surface area contributed by atoms with Gasteiger partial charge in [0.05, 0.1) is 25.4 Å². The molecule has 2 rings (SSSR count). The van der Waals surface area contributed by atoms with E-state index < -0.39 is 18.2 Å². The molecular formula is C15H20O5. The van der Waals surface area contributed by atoms with Crippen LogP contribution in [0.2, 0.25) is 0 Å². The first-order chi connectivity index (χ1) is 9.52. The summed E-state index contributed by atoms with van der Waals surface area (Å²) in [7, 11) is 1.60. The fourth-order valence-electron chi connectivity index (χ4n) is 2.56. The number of benzene rings is 1. The van der Waals surface area contributed by atoms with Gasteiger partial charge in [-0.3, -0.25) is 4.79 Å². The van der Waals surface area contributed by atoms with Crippen LogP contribution in [0.25, 0.3) is 0 Å². The summed E-state index contributed by atoms with van der Waals surface area (Å²) in [6.45, 7) is 3.12. The Hall–Kier alpha value is -1.59. The summed E-state index contributed by atoms with van der Waals surface area (Å²) in [5.41, 5.74) is 0.891. The molecule has 1 N–H and O–H groups in total. The fraction of sp³-hybridized carbons (Fsp3) is 0.533. The van der Waals surface area contributed by atoms with E-state index in [0.29, 0.717) is 6.42 Å². The van der Waals surface area contributed by atoms with Crippen LogP contribution in [0.3, 0.4) is 0 Å². The van der Waals surface area contributed by atoms with Crippen LogP contribution in [-0.2, 0) is 14.3 Å². The number of hydrogen-bond acceptors (Lipinski definition) is 5. The first-order valence-corrected chi connectivity index (χ1v) is 6.66. The third-order valence-electron chi connectivity index (χ3n) is 3.46. The molecule has 1 fully saturated rings. The molecule has 0 unspecified atom stereocenters. The Morgan fingerprint density at radius 1 is 1.40 bits per heavy atom. The zero-order valence-electron chi connectivity index (χ0n) is 11.9. The van der Waals surface area contributed by atoms with E-state index in [1.165, 1.54) is 6.92 Å². The summed E-state index contributed by atoms with van der Waals surface area (Å²) >= 11 is 0. The van der Waals surface area contributed by atoms with Crippen LogP contribution in [0, 0.1) is 0 Å². The van der Waals surface area contributed by atoms with E-state index in [1.807, 2.05) is 24.3 Å². The van der Waals surface area contributed by atoms with Crippen molar-refractivity contribution in [2.24, 2.45) is 0 Å². The van der Waals surface area contributed by atoms with Crippen molar-refractivity contribution in [2.45, 2.75) is 44.7 Å². The Morgan fingerprint density at radius 3 is 2.70 bits per heavy atom. The molecule has 0 aromatic heterocycles. The highest BCUT2D eigenvalue weighted by molar-refractivity contribution is 5.66. The average Bonchev–Trinajstić information content (AvgIpc) is 2.42. The smallest absolute Gasteiger partial charge is 0.303 e. The molecule has 0 spiro atoms. The lowest BCUT2D eigenvalue weighted by molar-refractivity contribution is -0.193. The number of aliphatic hydroxyl groups is 1. The Bertz CT molecular complexity index is 461. The summed E-state index contributed by atoms with van der Waals surface area (Å²) in [5, 5.41) is 10.2. The second kappa shape index (κ2) is 6.24. The molecule has 1 aliphatic heterocycles. The van der Waals surface area contributed by atoms with Crippen LogP contribution in [0.4, 0.5) is 0 Å². The van der Waals surface area contributed by atoms with Gasteiger partial charge < -0.3 is 19.3 Å². The van der Waals surface area contributed by atoms with Gasteiger partial charge in [-0.15, -0.1) is 0 Å². The van der Waals surface area contributed by atoms with Gasteiger partial charge in [-0.2, -0.15) is 0 Å². The van der Waals surface area contributed by atoms with E-state index in [2.05, 4.69) is 0 Å². The lowest BCUT2D eigenvalue weighted by atomic mass is 9.94. The number of esters is 1. The summed E-state index contributed by atoms with van der Waals surface area (Å²) < 4.78 is 16.3. The molecule has 4 atom stereocenters. The first kappa shape index (κ1) is 14.8. The maximum atomic E-state index is 11.0. The molecule has 20 heavy (non-hydrogen) atoms. The SMILES string of the molecule is COc1ccccc1[C@H]1C[C@@H](O)[C@H](OC(C)=O)[C@@H](C)O1. The molecule has 0 aliphatic carbocycles. The standard InChI is InChI=1S/C15H20O5/c1-9-15(20-10(2)16)12(17)8-14(19-9)11-6-4-5-7-13(11)18-3/h4-7,9,12,14-15,17H,8H2,1-3H3/t9-,12-,14-,15-/m1/s1. The maximum Gasteiger partial charge on any atom is 0.303 e. The Morgan fingerprint density at radius 2 is 2.10 bits per heavy atom. The number of para-hydroxylation sites is 1. The molecule has 1 heterocycles. The minimum absolute atomic E-state index is 0.275. The van der Waals surface area contributed by atoms with E-state index in [0.717, 1.165) is 11.3 Å². The number of hydrogen-bond donors (Lipinski definition) is 1. The van der Waals surface area contributed by atoms with E-state index >= 15 is 0 Å². The quantitative estimate of drug-likeness (QED) is 0.856. The highest BCUT2D eigenvalue weighted by atomic mass is 16.6. The topological polar surface area (TPSA) is 65.0 Å². The van der Waals surface area contributed by atoms with E-state index in [9.17, 15) is 9.90 Å². The zero-order chi connectivity index (χ0) is 14.7. The van der Waals surface area contributed by atoms with Gasteiger partial charge in [-0.25, -0.2) is 0 Å². The predicted octanol–water partition coefficient (Wildman–Crippen LogP) is 1.84. The molecule has 0 saturated carbocycles. The predicted molar refractivity (Wildman–Crippen MR) is 72.5 cm³/mol. The highest BCUT2D eigenvalue weighted by Crippen LogP contribution is 2.37. The second-order valence-electron chi connectivity index (χ2n) is 4.95. The van der Waals surface area contributed by atoms with Crippen LogP contribution in [0.1, 0.15) is 31.9 Å². The van der Waals surface area contributed by atoms with Crippen molar-refractivity contribution in [3.05, 3.63) is 29.8 Å². The highest BCUT2D eigenvalue weighted by Gasteiger charge is 2.38. The average molecular weight is 280 g/mol. The third kappa shape index (κ3) is 3.11. The van der Waals surface area contributed by atoms with E-state index in [4.69, 9.17) is 14.2 Å². The lowest BCUT2D eigenvalue weighted by Crippen LogP contribution is -2.46. The molecule has 1 aliphatic rings. The minimum atomic E-state index is -0.752. The van der Waals surface area contributed by atoms with Crippen molar-refractivity contribution < 1.29 is 24.1 Å². The largest absolute Gasteiger partial charge is 0.496 e. The molecule has 1 aromatic rings. The molecule has 0 radical (unpaired) electrons. The number of rotatable bonds is 3. The monoisotopic (exact) mass is 280 g/mol. The molecule has 0 bridgehead atoms. The molecule has 1 saturated heterocycles. The summed E-state index contributed by atoms with van der Waals surface area (Å²) in [4.78, 5) is 11.0. The van der Waals surface area contributed by atoms with Crippen LogP contribution >= 0.6 is 0 Å². The molecule has 1 aromatic carbocycles. The van der Waals surface area contributed by atoms with Gasteiger partial charge in [0.25, 0.3) is 0 Å². The van der Waals surface area contributed by atoms with Crippen LogP contribution < -0.4 is 4.74 Å². The summed E-state index contributed by atoms with van der Waals surface area (Å²) in [6.07, 6.45) is -1.67. The molecule has 5 nitrogen and oxygen atoms in total. The number of carbonyl (C=O) groups is 1. The zero-order valence-corrected chi connectivity index (χ0v) is 11.9. The Labute approximate surface area is 118 Å². The van der Waals surface area contributed by atoms with Gasteiger partial charge in [0.1, 0.15) is 5.75 Å². The van der Waals surface area contributed by atoms with Crippen LogP contribution in [0.5, 0.6) is 5.75 Å². The van der Waals surface area contributed by atoms with Gasteiger partial charge in [-0.05, 0) is 13.0 Å². The number of carbonyl (C=O) groups excluding carboxylic acids is 1. The molecule has 110 valence electrons. The van der Waals surface area contributed by atoms with Crippen molar-refractivity contribution >= 4 is 5.97 Å². The number of ether oxygens (including phenoxy) is 3. The molecular weight excluding hydrogens is 260 g/mol. The Kier molecular flexibility index (Phi) is 4.62. The second-order valence-corrected chi connectivity index (χ2v) is 4.95. The van der Waals surface area contributed by atoms with Crippen LogP contribution in [0.15, 0.2) is 24.3 Å². The lowest BCUT2D eigenvalue weighted by Gasteiger charge is -2.38. The van der Waals surface area contributed by atoms with Gasteiger partial charge >= 0.3 is 5.97 Å². The minimum Gasteiger partial charge on any atom is -0.496 e. The van der Waals surface area contributed by atoms with Crippen molar-refractivity contribution in [3.8, 4) is 5.75 Å². The maximum absolute atomic E-state index is 11.0. The summed E-state index contributed by atoms with van der Waals surface area (Å²) in [6, 6.07) is 7.55. The van der Waals surface area contributed by atoms with Crippen molar-refractivity contribution in [3.63, 3.8) is 0 Å². The van der Waals surface area contributed by atoms with Crippen molar-refractivity contribution in [1.82, 2.24) is 0 Å². The molecule has 0 amide bonds. The van der Waals surface area contributed by atoms with E-state index in [-0.39, 0.29) is 12.2 Å². The van der Waals surface area contributed by atoms with Crippen LogP contribution in [-0.4, -0.2) is 36.5 Å². The van der Waals surface area contributed by atoms with Gasteiger partial charge in [0, 0.05) is 18.9 Å². The normalized spacial score (nSPS) is 29.8. The fourth-order valence-corrected chi connectivity index (χ4v) is 2.56. The van der Waals surface area contributed by atoms with E-state index in [1.54, 1.807) is 14.0 Å². The molecule has 5 heteroatoms. The van der Waals surface area contributed by atoms with Crippen molar-refractivity contribution in [2.75, 3.05) is 7.11 Å². The van der Waals surface area contributed by atoms with Crippen molar-refractivity contribution in [1.29, 1.82) is 0 Å². The summed E-state index contributed by atoms with van der Waals surface area (Å²) in [5.74, 6) is 0.308.